The minimum Gasteiger partial charge on any atom is -0.376 e. The molecule has 3 rings (SSSR count). The quantitative estimate of drug-likeness (QED) is 0.878. The summed E-state index contributed by atoms with van der Waals surface area (Å²) in [6, 6.07) is 17.2. The fourth-order valence-electron chi connectivity index (χ4n) is 2.32. The number of hydrogen-bond acceptors (Lipinski definition) is 4. The highest BCUT2D eigenvalue weighted by atomic mass is 32.2. The van der Waals surface area contributed by atoms with Crippen LogP contribution in [0.2, 0.25) is 0 Å². The number of benzene rings is 2. The Balaban J connectivity index is 2.06. The Morgan fingerprint density at radius 1 is 1.05 bits per heavy atom. The Hall–Kier alpha value is -2.33. The van der Waals surface area contributed by atoms with Crippen molar-refractivity contribution in [2.24, 2.45) is 0 Å². The lowest BCUT2D eigenvalue weighted by Gasteiger charge is -2.12. The van der Waals surface area contributed by atoms with Gasteiger partial charge in [0.15, 0.2) is 0 Å². The van der Waals surface area contributed by atoms with Crippen molar-refractivity contribution in [1.82, 2.24) is 5.32 Å². The third-order valence-electron chi connectivity index (χ3n) is 3.35. The zero-order chi connectivity index (χ0) is 15.5. The van der Waals surface area contributed by atoms with Crippen LogP contribution in [0.5, 0.6) is 0 Å². The van der Waals surface area contributed by atoms with Gasteiger partial charge in [-0.25, -0.2) is 0 Å². The van der Waals surface area contributed by atoms with Crippen molar-refractivity contribution in [3.05, 3.63) is 70.6 Å². The molecule has 1 N–H and O–H groups in total. The molecule has 1 heterocycles. The van der Waals surface area contributed by atoms with E-state index in [4.69, 9.17) is 0 Å². The van der Waals surface area contributed by atoms with E-state index in [2.05, 4.69) is 5.32 Å². The molecule has 0 saturated carbocycles. The van der Waals surface area contributed by atoms with Gasteiger partial charge in [-0.1, -0.05) is 54.2 Å². The van der Waals surface area contributed by atoms with Crippen LogP contribution in [0.1, 0.15) is 22.8 Å². The first kappa shape index (κ1) is 14.6. The van der Waals surface area contributed by atoms with Crippen LogP contribution in [0.4, 0.5) is 0 Å². The standard InChI is InChI=1S/C18H15NO2S/c1-12(20)11-19-16(13-7-3-2-4-8-13)18-17(21)14-9-5-6-10-15(14)22-18/h2-10,19H,11H2,1H3/b18-16+. The molecule has 0 fully saturated rings. The van der Waals surface area contributed by atoms with Crippen LogP contribution in [0, 0.1) is 0 Å². The number of ketones is 2. The molecule has 22 heavy (non-hydrogen) atoms. The average Bonchev–Trinajstić information content (AvgIpc) is 2.86. The van der Waals surface area contributed by atoms with Gasteiger partial charge >= 0.3 is 0 Å². The summed E-state index contributed by atoms with van der Waals surface area (Å²) >= 11 is 1.46. The maximum Gasteiger partial charge on any atom is 0.202 e. The van der Waals surface area contributed by atoms with Gasteiger partial charge in [-0.05, 0) is 24.6 Å². The van der Waals surface area contributed by atoms with Crippen molar-refractivity contribution in [2.45, 2.75) is 11.8 Å². The monoisotopic (exact) mass is 309 g/mol. The highest BCUT2D eigenvalue weighted by molar-refractivity contribution is 8.05. The Morgan fingerprint density at radius 2 is 1.73 bits per heavy atom. The summed E-state index contributed by atoms with van der Waals surface area (Å²) in [7, 11) is 0. The Bertz CT molecular complexity index is 766. The predicted molar refractivity (Wildman–Crippen MR) is 88.7 cm³/mol. The van der Waals surface area contributed by atoms with E-state index < -0.39 is 0 Å². The molecule has 0 aromatic heterocycles. The maximum absolute atomic E-state index is 12.7. The van der Waals surface area contributed by atoms with Gasteiger partial charge in [0.05, 0.1) is 17.1 Å². The molecule has 0 atom stereocenters. The Labute approximate surface area is 133 Å². The second-order valence-corrected chi connectivity index (χ2v) is 6.11. The average molecular weight is 309 g/mol. The second-order valence-electron chi connectivity index (χ2n) is 5.05. The van der Waals surface area contributed by atoms with Crippen LogP contribution in [0.15, 0.2) is 64.4 Å². The van der Waals surface area contributed by atoms with Crippen molar-refractivity contribution in [3.8, 4) is 0 Å². The highest BCUT2D eigenvalue weighted by Gasteiger charge is 2.29. The summed E-state index contributed by atoms with van der Waals surface area (Å²) in [5.74, 6) is 0.0393. The Morgan fingerprint density at radius 3 is 2.41 bits per heavy atom. The van der Waals surface area contributed by atoms with Gasteiger partial charge in [-0.2, -0.15) is 0 Å². The van der Waals surface area contributed by atoms with Crippen LogP contribution < -0.4 is 5.32 Å². The van der Waals surface area contributed by atoms with Crippen LogP contribution >= 0.6 is 11.8 Å². The molecule has 110 valence electrons. The van der Waals surface area contributed by atoms with Crippen molar-refractivity contribution < 1.29 is 9.59 Å². The van der Waals surface area contributed by atoms with E-state index in [1.807, 2.05) is 54.6 Å². The molecule has 0 bridgehead atoms. The van der Waals surface area contributed by atoms with Crippen molar-refractivity contribution in [1.29, 1.82) is 0 Å². The summed E-state index contributed by atoms with van der Waals surface area (Å²) in [4.78, 5) is 25.6. The van der Waals surface area contributed by atoms with Crippen LogP contribution in [0.3, 0.4) is 0 Å². The largest absolute Gasteiger partial charge is 0.376 e. The molecule has 0 spiro atoms. The van der Waals surface area contributed by atoms with E-state index in [0.29, 0.717) is 4.91 Å². The Kier molecular flexibility index (Phi) is 4.11. The van der Waals surface area contributed by atoms with E-state index in [9.17, 15) is 9.59 Å². The maximum atomic E-state index is 12.7. The first-order chi connectivity index (χ1) is 10.7. The van der Waals surface area contributed by atoms with Gasteiger partial charge in [-0.15, -0.1) is 0 Å². The molecule has 0 amide bonds. The second kappa shape index (κ2) is 6.20. The lowest BCUT2D eigenvalue weighted by molar-refractivity contribution is -0.116. The highest BCUT2D eigenvalue weighted by Crippen LogP contribution is 2.42. The molecule has 0 saturated heterocycles. The molecule has 0 unspecified atom stereocenters. The fourth-order valence-corrected chi connectivity index (χ4v) is 3.45. The smallest absolute Gasteiger partial charge is 0.202 e. The lowest BCUT2D eigenvalue weighted by Crippen LogP contribution is -2.21. The normalized spacial score (nSPS) is 15.4. The number of hydrogen-bond donors (Lipinski definition) is 1. The van der Waals surface area contributed by atoms with E-state index in [1.54, 1.807) is 0 Å². The SMILES string of the molecule is CC(=O)CN/C(=C1/Sc2ccccc2C1=O)c1ccccc1. The molecule has 1 aliphatic rings. The van der Waals surface area contributed by atoms with Crippen LogP contribution in [0.25, 0.3) is 5.70 Å². The first-order valence-electron chi connectivity index (χ1n) is 7.01. The van der Waals surface area contributed by atoms with Gasteiger partial charge in [-0.3, -0.25) is 9.59 Å². The van der Waals surface area contributed by atoms with Gasteiger partial charge < -0.3 is 5.32 Å². The van der Waals surface area contributed by atoms with E-state index in [-0.39, 0.29) is 18.1 Å². The lowest BCUT2D eigenvalue weighted by atomic mass is 10.1. The number of fused-ring (bicyclic) bond motifs is 1. The number of carbonyl (C=O) groups excluding carboxylic acids is 2. The summed E-state index contributed by atoms with van der Waals surface area (Å²) in [6.07, 6.45) is 0. The van der Waals surface area contributed by atoms with Crippen molar-refractivity contribution in [3.63, 3.8) is 0 Å². The molecule has 2 aromatic rings. The number of rotatable bonds is 4. The van der Waals surface area contributed by atoms with E-state index >= 15 is 0 Å². The minimum atomic E-state index is 0.00973. The zero-order valence-corrected chi connectivity index (χ0v) is 12.9. The zero-order valence-electron chi connectivity index (χ0n) is 12.1. The number of nitrogens with one attached hydrogen (secondary N) is 1. The van der Waals surface area contributed by atoms with Gasteiger partial charge in [0.2, 0.25) is 5.78 Å². The van der Waals surface area contributed by atoms with Crippen LogP contribution in [-0.4, -0.2) is 18.1 Å². The predicted octanol–water partition coefficient (Wildman–Crippen LogP) is 3.52. The number of Topliss-reactive ketones (excluding diaryl/α,β-unsaturated/α-hetero) is 2. The molecular weight excluding hydrogens is 294 g/mol. The third kappa shape index (κ3) is 2.83. The topological polar surface area (TPSA) is 46.2 Å². The first-order valence-corrected chi connectivity index (χ1v) is 7.83. The summed E-state index contributed by atoms with van der Waals surface area (Å²) in [5.41, 5.74) is 2.36. The molecule has 4 heteroatoms. The molecular formula is C18H15NO2S. The van der Waals surface area contributed by atoms with Gasteiger partial charge in [0, 0.05) is 10.5 Å². The van der Waals surface area contributed by atoms with Crippen molar-refractivity contribution >= 4 is 29.0 Å². The summed E-state index contributed by atoms with van der Waals surface area (Å²) in [6.45, 7) is 1.73. The van der Waals surface area contributed by atoms with Crippen molar-refractivity contribution in [2.75, 3.05) is 6.54 Å². The molecule has 1 aliphatic heterocycles. The summed E-state index contributed by atoms with van der Waals surface area (Å²) in [5, 5.41) is 3.13. The van der Waals surface area contributed by atoms with E-state index in [0.717, 1.165) is 21.7 Å². The van der Waals surface area contributed by atoms with Gasteiger partial charge in [0.1, 0.15) is 5.78 Å². The molecule has 3 nitrogen and oxygen atoms in total. The van der Waals surface area contributed by atoms with E-state index in [1.165, 1.54) is 18.7 Å². The van der Waals surface area contributed by atoms with Crippen LogP contribution in [-0.2, 0) is 4.79 Å². The number of thioether (sulfide) groups is 1. The molecule has 0 radical (unpaired) electrons. The number of allylic oxidation sites excluding steroid dienone is 1. The summed E-state index contributed by atoms with van der Waals surface area (Å²) < 4.78 is 0. The molecule has 0 aliphatic carbocycles. The third-order valence-corrected chi connectivity index (χ3v) is 4.52. The van der Waals surface area contributed by atoms with Gasteiger partial charge in [0.25, 0.3) is 0 Å². The number of carbonyl (C=O) groups is 2. The molecule has 2 aromatic carbocycles. The minimum absolute atomic E-state index is 0.00973. The fraction of sp³-hybridized carbons (Fsp3) is 0.111.